The monoisotopic (exact) mass is 610 g/mol. The smallest absolute Gasteiger partial charge is 0.321 e. The van der Waals surface area contributed by atoms with E-state index >= 15 is 4.39 Å². The van der Waals surface area contributed by atoms with Crippen molar-refractivity contribution in [1.29, 1.82) is 0 Å². The van der Waals surface area contributed by atoms with Crippen molar-refractivity contribution in [3.63, 3.8) is 0 Å². The Bertz CT molecular complexity index is 1830. The number of nitrogens with zero attached hydrogens (tertiary/aromatic N) is 6. The third-order valence-corrected chi connectivity index (χ3v) is 10.5. The summed E-state index contributed by atoms with van der Waals surface area (Å²) in [6.45, 7) is 5.47. The number of halogens is 2. The average Bonchev–Trinajstić information content (AvgIpc) is 3.24. The van der Waals surface area contributed by atoms with Crippen molar-refractivity contribution >= 4 is 49.7 Å². The molecule has 0 bridgehead atoms. The maximum absolute atomic E-state index is 15.5. The van der Waals surface area contributed by atoms with Gasteiger partial charge < -0.3 is 9.94 Å². The van der Waals surface area contributed by atoms with E-state index in [2.05, 4.69) is 19.9 Å². The van der Waals surface area contributed by atoms with Gasteiger partial charge in [-0.05, 0) is 38.1 Å². The van der Waals surface area contributed by atoms with Crippen molar-refractivity contribution in [3.8, 4) is 22.9 Å². The topological polar surface area (TPSA) is 121 Å². The Labute approximate surface area is 247 Å². The molecular formula is C29H28ClFN6O4S. The molecule has 6 rings (SSSR count). The Morgan fingerprint density at radius 2 is 1.81 bits per heavy atom. The Morgan fingerprint density at radius 3 is 2.48 bits per heavy atom. The molecule has 0 radical (unpaired) electrons. The number of aliphatic imine (C=N–C) groups is 1. The second-order valence-electron chi connectivity index (χ2n) is 10.7. The van der Waals surface area contributed by atoms with Gasteiger partial charge in [-0.1, -0.05) is 11.6 Å². The largest absolute Gasteiger partial charge is 0.621 e. The van der Waals surface area contributed by atoms with Gasteiger partial charge >= 0.3 is 6.01 Å². The molecule has 0 saturated carbocycles. The van der Waals surface area contributed by atoms with E-state index in [0.717, 1.165) is 0 Å². The highest BCUT2D eigenvalue weighted by Crippen LogP contribution is 2.49. The highest BCUT2D eigenvalue weighted by atomic mass is 35.5. The first-order valence-corrected chi connectivity index (χ1v) is 15.4. The maximum Gasteiger partial charge on any atom is 0.321 e. The molecule has 4 heterocycles. The third-order valence-electron chi connectivity index (χ3n) is 7.88. The van der Waals surface area contributed by atoms with Crippen LogP contribution in [0.1, 0.15) is 33.6 Å². The van der Waals surface area contributed by atoms with E-state index in [1.54, 1.807) is 63.5 Å². The molecule has 1 atom stereocenters. The second kappa shape index (κ2) is 10.6. The number of fused-ring (bicyclic) bond motifs is 3. The van der Waals surface area contributed by atoms with Gasteiger partial charge in [0.25, 0.3) is 0 Å². The number of aromatic nitrogens is 3. The summed E-state index contributed by atoms with van der Waals surface area (Å²) in [5, 5.41) is 15.0. The fourth-order valence-corrected chi connectivity index (χ4v) is 7.25. The molecule has 2 aromatic heterocycles. The lowest BCUT2D eigenvalue weighted by Gasteiger charge is -2.47. The number of sulfonamides is 1. The summed E-state index contributed by atoms with van der Waals surface area (Å²) in [6.07, 6.45) is 5.30. The lowest BCUT2D eigenvalue weighted by molar-refractivity contribution is 0.247. The van der Waals surface area contributed by atoms with Crippen LogP contribution in [-0.4, -0.2) is 57.9 Å². The summed E-state index contributed by atoms with van der Waals surface area (Å²) < 4.78 is 47.2. The first-order valence-electron chi connectivity index (χ1n) is 13.5. The van der Waals surface area contributed by atoms with Crippen LogP contribution in [0.25, 0.3) is 22.0 Å². The number of hydrogen-bond donors (Lipinski definition) is 0. The molecule has 0 amide bonds. The van der Waals surface area contributed by atoms with Crippen molar-refractivity contribution in [2.24, 2.45) is 4.99 Å². The molecule has 2 aliphatic rings. The number of quaternary nitrogens is 1. The van der Waals surface area contributed by atoms with Crippen LogP contribution in [0.15, 0.2) is 60.0 Å². The number of ether oxygens (including phenoxy) is 1. The van der Waals surface area contributed by atoms with Crippen LogP contribution in [0.2, 0.25) is 5.02 Å². The van der Waals surface area contributed by atoms with Gasteiger partial charge in [-0.2, -0.15) is 4.99 Å². The first kappa shape index (κ1) is 28.6. The minimum Gasteiger partial charge on any atom is -0.621 e. The molecule has 0 N–H and O–H groups in total. The van der Waals surface area contributed by atoms with Crippen molar-refractivity contribution < 1.29 is 17.5 Å². The van der Waals surface area contributed by atoms with Gasteiger partial charge in [0.2, 0.25) is 15.9 Å². The molecule has 1 unspecified atom stereocenters. The molecule has 10 nitrogen and oxygen atoms in total. The van der Waals surface area contributed by atoms with Gasteiger partial charge in [0.15, 0.2) is 5.69 Å². The second-order valence-corrected chi connectivity index (χ2v) is 13.6. The average molecular weight is 611 g/mol. The van der Waals surface area contributed by atoms with Crippen LogP contribution in [0.3, 0.4) is 0 Å². The lowest BCUT2D eigenvalue weighted by Crippen LogP contribution is -2.58. The fourth-order valence-electron chi connectivity index (χ4n) is 5.66. The predicted octanol–water partition coefficient (Wildman–Crippen LogP) is 6.35. The molecule has 0 aliphatic carbocycles. The minimum absolute atomic E-state index is 0.146. The third kappa shape index (κ3) is 4.73. The van der Waals surface area contributed by atoms with Gasteiger partial charge in [-0.3, -0.25) is 9.63 Å². The Kier molecular flexibility index (Phi) is 7.22. The normalized spacial score (nSPS) is 19.7. The predicted molar refractivity (Wildman–Crippen MR) is 161 cm³/mol. The van der Waals surface area contributed by atoms with E-state index in [4.69, 9.17) is 16.3 Å². The van der Waals surface area contributed by atoms with Crippen molar-refractivity contribution in [2.45, 2.75) is 44.9 Å². The quantitative estimate of drug-likeness (QED) is 0.184. The highest BCUT2D eigenvalue weighted by molar-refractivity contribution is 7.89. The zero-order chi connectivity index (χ0) is 29.8. The van der Waals surface area contributed by atoms with E-state index in [-0.39, 0.29) is 29.7 Å². The first-order chi connectivity index (χ1) is 20.0. The molecule has 218 valence electrons. The molecule has 13 heteroatoms. The number of hydroxylamine groups is 2. The standard InChI is InChI=1S/C29H28ClFN6O4S/c1-17(2)42(39,40)36-11-7-19(8-12-36)37(38)18(3)35-27-16-34-26-15-25(31)22(14-23(26)28(27)37)21-6-5-20(13-24(21)30)41-29-32-9-4-10-33-29/h4-6,9-10,13-17,19H,7-8,11-12H2,1-3H3. The summed E-state index contributed by atoms with van der Waals surface area (Å²) in [6, 6.07) is 9.04. The van der Waals surface area contributed by atoms with Gasteiger partial charge in [0.05, 0.1) is 27.4 Å². The van der Waals surface area contributed by atoms with E-state index in [0.29, 0.717) is 52.3 Å². The molecular weight excluding hydrogens is 583 g/mol. The number of rotatable bonds is 6. The Balaban J connectivity index is 1.38. The number of benzene rings is 2. The van der Waals surface area contributed by atoms with Gasteiger partial charge in [0, 0.05) is 68.5 Å². The summed E-state index contributed by atoms with van der Waals surface area (Å²) >= 11 is 6.60. The summed E-state index contributed by atoms with van der Waals surface area (Å²) in [4.78, 5) is 17.0. The van der Waals surface area contributed by atoms with Crippen LogP contribution >= 0.6 is 11.6 Å². The highest BCUT2D eigenvalue weighted by Gasteiger charge is 2.45. The maximum atomic E-state index is 15.5. The zero-order valence-corrected chi connectivity index (χ0v) is 24.7. The fraction of sp³-hybridized carbons (Fsp3) is 0.310. The van der Waals surface area contributed by atoms with Gasteiger partial charge in [0.1, 0.15) is 23.3 Å². The van der Waals surface area contributed by atoms with E-state index in [1.807, 2.05) is 0 Å². The molecule has 0 spiro atoms. The lowest BCUT2D eigenvalue weighted by atomic mass is 9.98. The summed E-state index contributed by atoms with van der Waals surface area (Å²) in [7, 11) is -3.43. The van der Waals surface area contributed by atoms with Gasteiger partial charge in [-0.25, -0.2) is 27.1 Å². The molecule has 2 aromatic carbocycles. The van der Waals surface area contributed by atoms with E-state index in [1.165, 1.54) is 16.6 Å². The van der Waals surface area contributed by atoms with Crippen molar-refractivity contribution in [1.82, 2.24) is 23.9 Å². The summed E-state index contributed by atoms with van der Waals surface area (Å²) in [5.41, 5.74) is 1.71. The SMILES string of the molecule is CC1=Nc2cnc3cc(F)c(-c4ccc(Oc5ncccn5)cc4Cl)cc3c2[N+]1([O-])C1CCN(S(=O)(=O)C(C)C)CC1. The molecule has 42 heavy (non-hydrogen) atoms. The number of hydrogen-bond acceptors (Lipinski definition) is 8. The summed E-state index contributed by atoms with van der Waals surface area (Å²) in [5.74, 6) is 0.158. The Morgan fingerprint density at radius 1 is 1.10 bits per heavy atom. The zero-order valence-electron chi connectivity index (χ0n) is 23.2. The van der Waals surface area contributed by atoms with E-state index < -0.39 is 31.8 Å². The minimum atomic E-state index is -3.43. The molecule has 2 aliphatic heterocycles. The van der Waals surface area contributed by atoms with E-state index in [9.17, 15) is 13.6 Å². The molecule has 4 aromatic rings. The number of piperidine rings is 1. The number of amidine groups is 1. The van der Waals surface area contributed by atoms with Crippen LogP contribution in [0.4, 0.5) is 15.8 Å². The van der Waals surface area contributed by atoms with Crippen LogP contribution in [0.5, 0.6) is 11.8 Å². The van der Waals surface area contributed by atoms with Crippen molar-refractivity contribution in [2.75, 3.05) is 13.1 Å². The van der Waals surface area contributed by atoms with Crippen LogP contribution in [0, 0.1) is 11.0 Å². The molecule has 1 saturated heterocycles. The van der Waals surface area contributed by atoms with Crippen LogP contribution in [-0.2, 0) is 10.0 Å². The Hall–Kier alpha value is -3.55. The van der Waals surface area contributed by atoms with Gasteiger partial charge in [-0.15, -0.1) is 0 Å². The van der Waals surface area contributed by atoms with Crippen molar-refractivity contribution in [3.05, 3.63) is 71.0 Å². The number of pyridine rings is 1. The molecule has 1 fully saturated rings. The van der Waals surface area contributed by atoms with Crippen LogP contribution < -0.4 is 9.38 Å².